The first-order valence-corrected chi connectivity index (χ1v) is 4.28. The highest BCUT2D eigenvalue weighted by Crippen LogP contribution is 2.18. The van der Waals surface area contributed by atoms with Crippen LogP contribution in [0, 0.1) is 6.92 Å². The fourth-order valence-electron chi connectivity index (χ4n) is 1.40. The summed E-state index contributed by atoms with van der Waals surface area (Å²) in [5.41, 5.74) is 2.68. The Kier molecular flexibility index (Phi) is 2.69. The molecule has 0 unspecified atom stereocenters. The summed E-state index contributed by atoms with van der Waals surface area (Å²) in [6, 6.07) is 2.06. The predicted molar refractivity (Wildman–Crippen MR) is 52.7 cm³/mol. The van der Waals surface area contributed by atoms with E-state index >= 15 is 0 Å². The van der Waals surface area contributed by atoms with Crippen LogP contribution in [0.25, 0.3) is 0 Å². The van der Waals surface area contributed by atoms with Crippen molar-refractivity contribution in [3.05, 3.63) is 23.4 Å². The minimum absolute atomic E-state index is 1.05. The highest BCUT2D eigenvalue weighted by molar-refractivity contribution is 5.48. The molecule has 0 aromatic carbocycles. The lowest BCUT2D eigenvalue weighted by Crippen LogP contribution is -2.13. The Morgan fingerprint density at radius 1 is 1.42 bits per heavy atom. The maximum atomic E-state index is 4.34. The van der Waals surface area contributed by atoms with Gasteiger partial charge in [0.15, 0.2) is 0 Å². The van der Waals surface area contributed by atoms with E-state index in [1.807, 2.05) is 20.3 Å². The number of hydrogen-bond acceptors (Lipinski definition) is 2. The van der Waals surface area contributed by atoms with Crippen molar-refractivity contribution in [3.63, 3.8) is 0 Å². The van der Waals surface area contributed by atoms with Crippen LogP contribution in [0.2, 0.25) is 0 Å². The SMILES string of the molecule is CCc1c(C)ccnc1N(C)C. The van der Waals surface area contributed by atoms with Crippen LogP contribution in [-0.4, -0.2) is 19.1 Å². The maximum absolute atomic E-state index is 4.34. The van der Waals surface area contributed by atoms with Gasteiger partial charge in [0.05, 0.1) is 0 Å². The Hall–Kier alpha value is -1.05. The summed E-state index contributed by atoms with van der Waals surface area (Å²) in [6.45, 7) is 4.30. The van der Waals surface area contributed by atoms with Crippen molar-refractivity contribution >= 4 is 5.82 Å². The summed E-state index contributed by atoms with van der Waals surface area (Å²) in [6.07, 6.45) is 2.91. The molecule has 0 amide bonds. The van der Waals surface area contributed by atoms with E-state index in [9.17, 15) is 0 Å². The first kappa shape index (κ1) is 9.04. The highest BCUT2D eigenvalue weighted by atomic mass is 15.1. The lowest BCUT2D eigenvalue weighted by atomic mass is 10.1. The molecule has 0 aliphatic heterocycles. The lowest BCUT2D eigenvalue weighted by molar-refractivity contribution is 0.993. The third-order valence-corrected chi connectivity index (χ3v) is 2.04. The third kappa shape index (κ3) is 1.58. The van der Waals surface area contributed by atoms with E-state index in [2.05, 4.69) is 29.8 Å². The number of anilines is 1. The van der Waals surface area contributed by atoms with Crippen molar-refractivity contribution in [2.24, 2.45) is 0 Å². The zero-order chi connectivity index (χ0) is 9.14. The molecule has 0 N–H and O–H groups in total. The van der Waals surface area contributed by atoms with Gasteiger partial charge in [-0.15, -0.1) is 0 Å². The minimum atomic E-state index is 1.05. The van der Waals surface area contributed by atoms with Crippen LogP contribution in [0.5, 0.6) is 0 Å². The van der Waals surface area contributed by atoms with Crippen LogP contribution in [-0.2, 0) is 6.42 Å². The van der Waals surface area contributed by atoms with Crippen molar-refractivity contribution in [1.82, 2.24) is 4.98 Å². The Balaban J connectivity index is 3.18. The molecule has 1 aromatic rings. The second-order valence-corrected chi connectivity index (χ2v) is 3.18. The van der Waals surface area contributed by atoms with Gasteiger partial charge in [-0.05, 0) is 30.5 Å². The van der Waals surface area contributed by atoms with Gasteiger partial charge in [0.2, 0.25) is 0 Å². The van der Waals surface area contributed by atoms with Gasteiger partial charge in [-0.1, -0.05) is 6.92 Å². The van der Waals surface area contributed by atoms with Gasteiger partial charge in [-0.2, -0.15) is 0 Å². The second-order valence-electron chi connectivity index (χ2n) is 3.18. The average molecular weight is 164 g/mol. The Morgan fingerprint density at radius 3 is 2.50 bits per heavy atom. The summed E-state index contributed by atoms with van der Waals surface area (Å²) in [7, 11) is 4.06. The van der Waals surface area contributed by atoms with Crippen LogP contribution >= 0.6 is 0 Å². The Bertz CT molecular complexity index is 267. The first-order valence-electron chi connectivity index (χ1n) is 4.28. The summed E-state index contributed by atoms with van der Waals surface area (Å²) in [5.74, 6) is 1.09. The van der Waals surface area contributed by atoms with Crippen LogP contribution in [0.4, 0.5) is 5.82 Å². The topological polar surface area (TPSA) is 16.1 Å². The molecular formula is C10H16N2. The van der Waals surface area contributed by atoms with Crippen molar-refractivity contribution in [2.75, 3.05) is 19.0 Å². The maximum Gasteiger partial charge on any atom is 0.131 e. The quantitative estimate of drug-likeness (QED) is 0.664. The Labute approximate surface area is 74.2 Å². The fourth-order valence-corrected chi connectivity index (χ4v) is 1.40. The molecule has 0 aliphatic rings. The lowest BCUT2D eigenvalue weighted by Gasteiger charge is -2.16. The van der Waals surface area contributed by atoms with Crippen LogP contribution in [0.1, 0.15) is 18.1 Å². The molecule has 2 heteroatoms. The van der Waals surface area contributed by atoms with Gasteiger partial charge in [-0.25, -0.2) is 4.98 Å². The molecule has 0 saturated heterocycles. The van der Waals surface area contributed by atoms with Gasteiger partial charge >= 0.3 is 0 Å². The number of aromatic nitrogens is 1. The number of rotatable bonds is 2. The van der Waals surface area contributed by atoms with Crippen LogP contribution in [0.15, 0.2) is 12.3 Å². The van der Waals surface area contributed by atoms with E-state index in [-0.39, 0.29) is 0 Å². The van der Waals surface area contributed by atoms with Gasteiger partial charge in [0.25, 0.3) is 0 Å². The normalized spacial score (nSPS) is 10.0. The van der Waals surface area contributed by atoms with E-state index in [1.54, 1.807) is 0 Å². The largest absolute Gasteiger partial charge is 0.363 e. The summed E-state index contributed by atoms with van der Waals surface area (Å²) in [5, 5.41) is 0. The molecule has 1 aromatic heterocycles. The zero-order valence-corrected chi connectivity index (χ0v) is 8.26. The molecule has 1 heterocycles. The van der Waals surface area contributed by atoms with Crippen LogP contribution in [0.3, 0.4) is 0 Å². The molecule has 12 heavy (non-hydrogen) atoms. The molecule has 0 bridgehead atoms. The minimum Gasteiger partial charge on any atom is -0.363 e. The van der Waals surface area contributed by atoms with Crippen LogP contribution < -0.4 is 4.90 Å². The van der Waals surface area contributed by atoms with Gasteiger partial charge in [0.1, 0.15) is 5.82 Å². The van der Waals surface area contributed by atoms with Gasteiger partial charge < -0.3 is 4.90 Å². The first-order chi connectivity index (χ1) is 5.66. The number of pyridine rings is 1. The van der Waals surface area contributed by atoms with Crippen molar-refractivity contribution < 1.29 is 0 Å². The van der Waals surface area contributed by atoms with E-state index in [1.165, 1.54) is 11.1 Å². The molecule has 0 atom stereocenters. The number of aryl methyl sites for hydroxylation is 1. The van der Waals surface area contributed by atoms with E-state index in [0.29, 0.717) is 0 Å². The summed E-state index contributed by atoms with van der Waals surface area (Å²) >= 11 is 0. The molecule has 0 fully saturated rings. The zero-order valence-electron chi connectivity index (χ0n) is 8.26. The average Bonchev–Trinajstić information content (AvgIpc) is 2.03. The van der Waals surface area contributed by atoms with Gasteiger partial charge in [-0.3, -0.25) is 0 Å². The predicted octanol–water partition coefficient (Wildman–Crippen LogP) is 2.02. The fraction of sp³-hybridized carbons (Fsp3) is 0.500. The third-order valence-electron chi connectivity index (χ3n) is 2.04. The monoisotopic (exact) mass is 164 g/mol. The molecule has 2 nitrogen and oxygen atoms in total. The molecule has 66 valence electrons. The number of nitrogens with zero attached hydrogens (tertiary/aromatic N) is 2. The van der Waals surface area contributed by atoms with Crippen molar-refractivity contribution in [3.8, 4) is 0 Å². The molecule has 0 radical (unpaired) electrons. The molecule has 0 aliphatic carbocycles. The summed E-state index contributed by atoms with van der Waals surface area (Å²) < 4.78 is 0. The molecular weight excluding hydrogens is 148 g/mol. The highest BCUT2D eigenvalue weighted by Gasteiger charge is 2.05. The molecule has 0 spiro atoms. The van der Waals surface area contributed by atoms with Crippen molar-refractivity contribution in [2.45, 2.75) is 20.3 Å². The Morgan fingerprint density at radius 2 is 2.08 bits per heavy atom. The van der Waals surface area contributed by atoms with E-state index in [4.69, 9.17) is 0 Å². The van der Waals surface area contributed by atoms with E-state index in [0.717, 1.165) is 12.2 Å². The second kappa shape index (κ2) is 3.57. The molecule has 1 rings (SSSR count). The van der Waals surface area contributed by atoms with Gasteiger partial charge in [0, 0.05) is 20.3 Å². The molecule has 0 saturated carbocycles. The smallest absolute Gasteiger partial charge is 0.131 e. The standard InChI is InChI=1S/C10H16N2/c1-5-9-8(2)6-7-11-10(9)12(3)4/h6-7H,5H2,1-4H3. The summed E-state index contributed by atoms with van der Waals surface area (Å²) in [4.78, 5) is 6.40. The van der Waals surface area contributed by atoms with E-state index < -0.39 is 0 Å². The number of hydrogen-bond donors (Lipinski definition) is 0. The van der Waals surface area contributed by atoms with Crippen molar-refractivity contribution in [1.29, 1.82) is 0 Å².